The van der Waals surface area contributed by atoms with Crippen molar-refractivity contribution < 1.29 is 24.2 Å². The predicted molar refractivity (Wildman–Crippen MR) is 138 cm³/mol. The Morgan fingerprint density at radius 3 is 2.31 bits per heavy atom. The number of carbonyl (C=O) groups is 3. The third-order valence-corrected chi connectivity index (χ3v) is 12.9. The van der Waals surface area contributed by atoms with Crippen molar-refractivity contribution in [2.75, 3.05) is 0 Å². The molecule has 10 atom stereocenters. The van der Waals surface area contributed by atoms with Crippen LogP contribution in [0.1, 0.15) is 106 Å². The average molecular weight is 499 g/mol. The van der Waals surface area contributed by atoms with E-state index in [0.29, 0.717) is 24.7 Å². The van der Waals surface area contributed by atoms with E-state index in [-0.39, 0.29) is 33.9 Å². The largest absolute Gasteiger partial charge is 0.481 e. The van der Waals surface area contributed by atoms with E-state index in [1.54, 1.807) is 6.92 Å². The first-order chi connectivity index (χ1) is 16.6. The summed E-state index contributed by atoms with van der Waals surface area (Å²) in [5.74, 6) is -0.509. The highest BCUT2D eigenvalue weighted by atomic mass is 16.5. The molecule has 0 amide bonds. The molecule has 0 aliphatic heterocycles. The number of fused-ring (bicyclic) bond motifs is 7. The Kier molecular flexibility index (Phi) is 5.72. The lowest BCUT2D eigenvalue weighted by atomic mass is 9.33. The minimum Gasteiger partial charge on any atom is -0.481 e. The van der Waals surface area contributed by atoms with Crippen molar-refractivity contribution in [1.29, 1.82) is 0 Å². The summed E-state index contributed by atoms with van der Waals surface area (Å²) in [5, 5.41) is 10.5. The third-order valence-electron chi connectivity index (χ3n) is 12.9. The fourth-order valence-electron chi connectivity index (χ4n) is 10.9. The number of ether oxygens (including phenoxy) is 1. The molecule has 0 spiro atoms. The van der Waals surface area contributed by atoms with Gasteiger partial charge in [-0.05, 0) is 97.4 Å². The van der Waals surface area contributed by atoms with E-state index < -0.39 is 28.9 Å². The van der Waals surface area contributed by atoms with Gasteiger partial charge in [-0.2, -0.15) is 0 Å². The second-order valence-electron chi connectivity index (χ2n) is 14.5. The molecule has 0 aromatic carbocycles. The Balaban J connectivity index is 1.62. The minimum absolute atomic E-state index is 0.0539. The van der Waals surface area contributed by atoms with E-state index in [2.05, 4.69) is 40.7 Å². The van der Waals surface area contributed by atoms with Crippen LogP contribution in [0.2, 0.25) is 0 Å². The standard InChI is InChI=1S/C31H46O5/c1-18-9-8-12-27(3)15-16-29(5)20(24(18)27)17-21(33)25-28(4)13-11-23(36-19(2)32)31(7,26(34)35)22(28)10-14-30(25,29)6/h17-18,22-25H,8-16H2,1-7H3,(H,34,35)/t18-,22?,23+,24?,25?,27+,28?,29+,30+,31+/m0/s1. The van der Waals surface area contributed by atoms with Gasteiger partial charge in [0.15, 0.2) is 5.78 Å². The maximum Gasteiger partial charge on any atom is 0.313 e. The van der Waals surface area contributed by atoms with Gasteiger partial charge in [-0.3, -0.25) is 14.4 Å². The monoisotopic (exact) mass is 498 g/mol. The van der Waals surface area contributed by atoms with Crippen molar-refractivity contribution >= 4 is 17.7 Å². The lowest BCUT2D eigenvalue weighted by Crippen LogP contribution is -2.68. The van der Waals surface area contributed by atoms with Gasteiger partial charge >= 0.3 is 11.9 Å². The van der Waals surface area contributed by atoms with Crippen molar-refractivity contribution in [3.8, 4) is 0 Å². The molecule has 1 N–H and O–H groups in total. The maximum absolute atomic E-state index is 14.3. The molecule has 5 aliphatic carbocycles. The van der Waals surface area contributed by atoms with Gasteiger partial charge in [-0.25, -0.2) is 0 Å². The summed E-state index contributed by atoms with van der Waals surface area (Å²) in [6.45, 7) is 14.9. The Morgan fingerprint density at radius 2 is 1.67 bits per heavy atom. The summed E-state index contributed by atoms with van der Waals surface area (Å²) < 4.78 is 5.62. The van der Waals surface area contributed by atoms with Crippen molar-refractivity contribution in [1.82, 2.24) is 0 Å². The molecule has 0 radical (unpaired) electrons. The van der Waals surface area contributed by atoms with E-state index in [1.165, 1.54) is 38.2 Å². The molecule has 0 saturated heterocycles. The summed E-state index contributed by atoms with van der Waals surface area (Å²) in [4.78, 5) is 39.0. The quantitative estimate of drug-likeness (QED) is 0.434. The number of rotatable bonds is 2. The highest BCUT2D eigenvalue weighted by Gasteiger charge is 2.72. The molecule has 5 rings (SSSR count). The third kappa shape index (κ3) is 3.10. The van der Waals surface area contributed by atoms with Crippen LogP contribution in [0.4, 0.5) is 0 Å². The smallest absolute Gasteiger partial charge is 0.313 e. The average Bonchev–Trinajstić information content (AvgIpc) is 2.77. The van der Waals surface area contributed by atoms with Gasteiger partial charge < -0.3 is 9.84 Å². The number of ketones is 1. The zero-order chi connectivity index (χ0) is 26.5. The number of aliphatic carboxylic acids is 1. The van der Waals surface area contributed by atoms with E-state index in [4.69, 9.17) is 4.74 Å². The Hall–Kier alpha value is -1.65. The summed E-state index contributed by atoms with van der Waals surface area (Å²) >= 11 is 0. The molecular formula is C31H46O5. The fourth-order valence-corrected chi connectivity index (χ4v) is 10.9. The zero-order valence-corrected chi connectivity index (χ0v) is 23.4. The molecule has 0 aromatic rings. The first-order valence-electron chi connectivity index (χ1n) is 14.3. The minimum atomic E-state index is -1.20. The second-order valence-corrected chi connectivity index (χ2v) is 14.5. The number of esters is 1. The first-order valence-corrected chi connectivity index (χ1v) is 14.3. The molecule has 5 heteroatoms. The first kappa shape index (κ1) is 26.0. The predicted octanol–water partition coefficient (Wildman–Crippen LogP) is 6.59. The summed E-state index contributed by atoms with van der Waals surface area (Å²) in [5.41, 5.74) is -0.222. The Bertz CT molecular complexity index is 1030. The van der Waals surface area contributed by atoms with Crippen LogP contribution in [0, 0.1) is 50.7 Å². The normalized spacial score (nSPS) is 52.1. The number of carboxylic acid groups (broad SMARTS) is 1. The molecule has 36 heavy (non-hydrogen) atoms. The number of allylic oxidation sites excluding steroid dienone is 2. The van der Waals surface area contributed by atoms with Gasteiger partial charge in [-0.15, -0.1) is 0 Å². The SMILES string of the molecule is CC(=O)O[C@@H]1CCC2(C)C(CC[C@]3(C)C2C(=O)C=C2C4[C@@H](C)CCC[C@]4(C)CC[C@]23C)[C@@]1(C)C(=O)O. The fraction of sp³-hybridized carbons (Fsp3) is 0.839. The molecular weight excluding hydrogens is 452 g/mol. The molecule has 0 heterocycles. The van der Waals surface area contributed by atoms with Crippen molar-refractivity contribution in [2.45, 2.75) is 112 Å². The van der Waals surface area contributed by atoms with E-state index in [1.807, 2.05) is 0 Å². The van der Waals surface area contributed by atoms with Crippen LogP contribution in [-0.2, 0) is 19.1 Å². The number of carboxylic acids is 1. The van der Waals surface area contributed by atoms with Crippen molar-refractivity contribution in [2.24, 2.45) is 50.7 Å². The van der Waals surface area contributed by atoms with Crippen LogP contribution in [-0.4, -0.2) is 28.9 Å². The summed E-state index contributed by atoms with van der Waals surface area (Å²) in [7, 11) is 0. The lowest BCUT2D eigenvalue weighted by Gasteiger charge is -2.70. The van der Waals surface area contributed by atoms with E-state index >= 15 is 0 Å². The molecule has 0 aromatic heterocycles. The number of carbonyl (C=O) groups excluding carboxylic acids is 2. The van der Waals surface area contributed by atoms with E-state index in [0.717, 1.165) is 19.3 Å². The molecule has 5 nitrogen and oxygen atoms in total. The van der Waals surface area contributed by atoms with Gasteiger partial charge in [0.05, 0.1) is 0 Å². The Labute approximate surface area is 216 Å². The molecule has 4 unspecified atom stereocenters. The zero-order valence-electron chi connectivity index (χ0n) is 23.4. The van der Waals surface area contributed by atoms with Crippen molar-refractivity contribution in [3.05, 3.63) is 11.6 Å². The van der Waals surface area contributed by atoms with Crippen LogP contribution in [0.15, 0.2) is 11.6 Å². The highest BCUT2D eigenvalue weighted by Crippen LogP contribution is 2.75. The van der Waals surface area contributed by atoms with Gasteiger partial charge in [-0.1, -0.05) is 53.0 Å². The molecule has 4 fully saturated rings. The van der Waals surface area contributed by atoms with Crippen LogP contribution in [0.5, 0.6) is 0 Å². The van der Waals surface area contributed by atoms with Crippen LogP contribution in [0.3, 0.4) is 0 Å². The highest BCUT2D eigenvalue weighted by molar-refractivity contribution is 5.96. The Morgan fingerprint density at radius 1 is 0.972 bits per heavy atom. The maximum atomic E-state index is 14.3. The molecule has 4 saturated carbocycles. The molecule has 200 valence electrons. The van der Waals surface area contributed by atoms with Gasteiger partial charge in [0.1, 0.15) is 11.5 Å². The van der Waals surface area contributed by atoms with Crippen molar-refractivity contribution in [3.63, 3.8) is 0 Å². The van der Waals surface area contributed by atoms with E-state index in [9.17, 15) is 19.5 Å². The number of hydrogen-bond acceptors (Lipinski definition) is 4. The lowest BCUT2D eigenvalue weighted by molar-refractivity contribution is -0.220. The summed E-state index contributed by atoms with van der Waals surface area (Å²) in [6.07, 6.45) is 10.2. The molecule has 5 aliphatic rings. The van der Waals surface area contributed by atoms with Gasteiger partial charge in [0, 0.05) is 12.8 Å². The van der Waals surface area contributed by atoms with Gasteiger partial charge in [0.25, 0.3) is 0 Å². The topological polar surface area (TPSA) is 80.7 Å². The van der Waals surface area contributed by atoms with Gasteiger partial charge in [0.2, 0.25) is 0 Å². The molecule has 0 bridgehead atoms. The van der Waals surface area contributed by atoms with Crippen LogP contribution in [0.25, 0.3) is 0 Å². The second kappa shape index (κ2) is 7.93. The number of hydrogen-bond donors (Lipinski definition) is 1. The van der Waals surface area contributed by atoms with Crippen LogP contribution < -0.4 is 0 Å². The summed E-state index contributed by atoms with van der Waals surface area (Å²) in [6, 6.07) is 0. The van der Waals surface area contributed by atoms with Crippen LogP contribution >= 0.6 is 0 Å².